The van der Waals surface area contributed by atoms with Crippen molar-refractivity contribution < 1.29 is 0 Å². The number of nitrogens with one attached hydrogen (secondary N) is 1. The summed E-state index contributed by atoms with van der Waals surface area (Å²) in [4.78, 5) is 0. The van der Waals surface area contributed by atoms with Gasteiger partial charge in [-0.15, -0.1) is 0 Å². The molecule has 0 aromatic heterocycles. The molecule has 3 aliphatic rings. The van der Waals surface area contributed by atoms with E-state index in [1.165, 1.54) is 38.6 Å². The van der Waals surface area contributed by atoms with Crippen molar-refractivity contribution in [1.29, 1.82) is 0 Å². The number of hydrogen-bond donors (Lipinski definition) is 1. The van der Waals surface area contributed by atoms with Crippen LogP contribution in [-0.4, -0.2) is 12.6 Å². The zero-order valence-corrected chi connectivity index (χ0v) is 8.40. The molecular formula is C11H21N. The van der Waals surface area contributed by atoms with Gasteiger partial charge in [0.1, 0.15) is 0 Å². The highest BCUT2D eigenvalue weighted by Crippen LogP contribution is 2.40. The third-order valence-corrected chi connectivity index (χ3v) is 4.00. The molecule has 2 unspecified atom stereocenters. The second-order valence-electron chi connectivity index (χ2n) is 5.26. The van der Waals surface area contributed by atoms with Gasteiger partial charge in [0.2, 0.25) is 0 Å². The molecule has 1 saturated carbocycles. The maximum Gasteiger partial charge on any atom is 0.00673 e. The van der Waals surface area contributed by atoms with Crippen molar-refractivity contribution in [3.8, 4) is 0 Å². The van der Waals surface area contributed by atoms with Crippen LogP contribution in [0.25, 0.3) is 0 Å². The number of hydrogen-bond acceptors (Lipinski definition) is 1. The van der Waals surface area contributed by atoms with E-state index in [0.29, 0.717) is 5.41 Å². The predicted molar refractivity (Wildman–Crippen MR) is 52.1 cm³/mol. The molecule has 1 nitrogen and oxygen atoms in total. The van der Waals surface area contributed by atoms with E-state index in [4.69, 9.17) is 0 Å². The molecule has 2 atom stereocenters. The van der Waals surface area contributed by atoms with Gasteiger partial charge in [-0.05, 0) is 43.6 Å². The van der Waals surface area contributed by atoms with Gasteiger partial charge in [-0.2, -0.15) is 0 Å². The number of rotatable bonds is 0. The lowest BCUT2D eigenvalue weighted by atomic mass is 9.68. The van der Waals surface area contributed by atoms with Gasteiger partial charge in [0.15, 0.2) is 0 Å². The summed E-state index contributed by atoms with van der Waals surface area (Å²) in [5, 5.41) is 3.68. The molecule has 12 heavy (non-hydrogen) atoms. The van der Waals surface area contributed by atoms with Gasteiger partial charge >= 0.3 is 0 Å². The summed E-state index contributed by atoms with van der Waals surface area (Å²) < 4.78 is 0. The Kier molecular flexibility index (Phi) is 2.16. The molecule has 0 spiro atoms. The Balaban J connectivity index is 2.09. The summed E-state index contributed by atoms with van der Waals surface area (Å²) in [6, 6.07) is 0.859. The van der Waals surface area contributed by atoms with Crippen molar-refractivity contribution in [2.75, 3.05) is 6.54 Å². The van der Waals surface area contributed by atoms with Gasteiger partial charge in [0, 0.05) is 6.04 Å². The van der Waals surface area contributed by atoms with Crippen LogP contribution >= 0.6 is 0 Å². The second kappa shape index (κ2) is 3.02. The maximum atomic E-state index is 3.68. The average molecular weight is 167 g/mol. The fourth-order valence-corrected chi connectivity index (χ4v) is 2.84. The molecule has 2 heterocycles. The van der Waals surface area contributed by atoms with Crippen molar-refractivity contribution >= 4 is 0 Å². The van der Waals surface area contributed by atoms with E-state index < -0.39 is 0 Å². The first-order valence-corrected chi connectivity index (χ1v) is 5.42. The monoisotopic (exact) mass is 167 g/mol. The molecule has 3 fully saturated rings. The van der Waals surface area contributed by atoms with Gasteiger partial charge < -0.3 is 5.32 Å². The summed E-state index contributed by atoms with van der Waals surface area (Å²) in [7, 11) is 0. The van der Waals surface area contributed by atoms with Crippen LogP contribution in [-0.2, 0) is 0 Å². The highest BCUT2D eigenvalue weighted by molar-refractivity contribution is 4.89. The zero-order valence-electron chi connectivity index (χ0n) is 8.40. The van der Waals surface area contributed by atoms with E-state index in [0.717, 1.165) is 12.0 Å². The van der Waals surface area contributed by atoms with Crippen LogP contribution in [0, 0.1) is 11.3 Å². The summed E-state index contributed by atoms with van der Waals surface area (Å²) in [5.41, 5.74) is 0.596. The van der Waals surface area contributed by atoms with Crippen LogP contribution in [0.3, 0.4) is 0 Å². The van der Waals surface area contributed by atoms with Crippen LogP contribution in [0.2, 0.25) is 0 Å². The lowest BCUT2D eigenvalue weighted by molar-refractivity contribution is 0.111. The fourth-order valence-electron chi connectivity index (χ4n) is 2.84. The van der Waals surface area contributed by atoms with Crippen molar-refractivity contribution in [2.24, 2.45) is 11.3 Å². The van der Waals surface area contributed by atoms with Crippen molar-refractivity contribution in [3.05, 3.63) is 0 Å². The first kappa shape index (κ1) is 8.55. The molecule has 70 valence electrons. The van der Waals surface area contributed by atoms with Crippen molar-refractivity contribution in [1.82, 2.24) is 5.32 Å². The Morgan fingerprint density at radius 2 is 2.00 bits per heavy atom. The van der Waals surface area contributed by atoms with Gasteiger partial charge in [0.05, 0.1) is 0 Å². The van der Waals surface area contributed by atoms with Gasteiger partial charge in [-0.1, -0.05) is 20.3 Å². The minimum Gasteiger partial charge on any atom is -0.314 e. The van der Waals surface area contributed by atoms with E-state index in [9.17, 15) is 0 Å². The summed E-state index contributed by atoms with van der Waals surface area (Å²) in [6.07, 6.45) is 7.17. The molecular weight excluding hydrogens is 146 g/mol. The van der Waals surface area contributed by atoms with Crippen molar-refractivity contribution in [2.45, 2.75) is 52.0 Å². The molecule has 0 radical (unpaired) electrons. The normalized spacial score (nSPS) is 40.5. The van der Waals surface area contributed by atoms with Crippen molar-refractivity contribution in [3.63, 3.8) is 0 Å². The summed E-state index contributed by atoms with van der Waals surface area (Å²) in [6.45, 7) is 6.17. The quantitative estimate of drug-likeness (QED) is 0.584. The van der Waals surface area contributed by atoms with Crippen LogP contribution in [0.5, 0.6) is 0 Å². The molecule has 1 heteroatoms. The van der Waals surface area contributed by atoms with Crippen LogP contribution < -0.4 is 5.32 Å². The Hall–Kier alpha value is -0.0400. The summed E-state index contributed by atoms with van der Waals surface area (Å²) >= 11 is 0. The molecule has 0 aromatic rings. The largest absolute Gasteiger partial charge is 0.314 e. The lowest BCUT2D eigenvalue weighted by Crippen LogP contribution is -2.46. The molecule has 2 saturated heterocycles. The molecule has 2 aliphatic heterocycles. The van der Waals surface area contributed by atoms with E-state index in [1.54, 1.807) is 0 Å². The predicted octanol–water partition coefficient (Wildman–Crippen LogP) is 2.56. The SMILES string of the molecule is CC1(C)CCCC2CCC1CN2. The Bertz CT molecular complexity index is 152. The van der Waals surface area contributed by atoms with Crippen LogP contribution in [0.4, 0.5) is 0 Å². The zero-order chi connectivity index (χ0) is 8.60. The highest BCUT2D eigenvalue weighted by atomic mass is 14.9. The average Bonchev–Trinajstić information content (AvgIpc) is 2.02. The molecule has 1 aliphatic carbocycles. The molecule has 2 bridgehead atoms. The number of fused-ring (bicyclic) bond motifs is 5. The van der Waals surface area contributed by atoms with E-state index in [1.807, 2.05) is 0 Å². The van der Waals surface area contributed by atoms with Gasteiger partial charge in [-0.3, -0.25) is 0 Å². The minimum absolute atomic E-state index is 0.596. The summed E-state index contributed by atoms with van der Waals surface area (Å²) in [5.74, 6) is 0.939. The van der Waals surface area contributed by atoms with Crippen LogP contribution in [0.15, 0.2) is 0 Å². The maximum absolute atomic E-state index is 3.68. The van der Waals surface area contributed by atoms with E-state index in [2.05, 4.69) is 19.2 Å². The van der Waals surface area contributed by atoms with E-state index in [-0.39, 0.29) is 0 Å². The minimum atomic E-state index is 0.596. The first-order valence-electron chi connectivity index (χ1n) is 5.42. The fraction of sp³-hybridized carbons (Fsp3) is 1.00. The Morgan fingerprint density at radius 1 is 1.17 bits per heavy atom. The second-order valence-corrected chi connectivity index (χ2v) is 5.26. The Labute approximate surface area is 75.9 Å². The molecule has 0 aromatic carbocycles. The van der Waals surface area contributed by atoms with E-state index >= 15 is 0 Å². The third kappa shape index (κ3) is 1.52. The lowest BCUT2D eigenvalue weighted by Gasteiger charge is -2.43. The molecule has 3 rings (SSSR count). The smallest absolute Gasteiger partial charge is 0.00673 e. The molecule has 1 N–H and O–H groups in total. The Morgan fingerprint density at radius 3 is 2.67 bits per heavy atom. The van der Waals surface area contributed by atoms with Gasteiger partial charge in [-0.25, -0.2) is 0 Å². The van der Waals surface area contributed by atoms with Gasteiger partial charge in [0.25, 0.3) is 0 Å². The third-order valence-electron chi connectivity index (χ3n) is 4.00. The van der Waals surface area contributed by atoms with Crippen LogP contribution in [0.1, 0.15) is 46.0 Å². The first-order chi connectivity index (χ1) is 5.68. The molecule has 0 amide bonds. The highest BCUT2D eigenvalue weighted by Gasteiger charge is 2.34. The number of piperidine rings is 1. The standard InChI is InChI=1S/C11H21N/c1-11(2)7-3-4-10-6-5-9(11)8-12-10/h9-10,12H,3-8H2,1-2H3. The topological polar surface area (TPSA) is 12.0 Å².